The van der Waals surface area contributed by atoms with Crippen molar-refractivity contribution in [1.29, 1.82) is 0 Å². The van der Waals surface area contributed by atoms with Crippen LogP contribution in [-0.2, 0) is 6.42 Å². The van der Waals surface area contributed by atoms with Crippen molar-refractivity contribution in [3.05, 3.63) is 436 Å². The third-order valence-corrected chi connectivity index (χ3v) is 22.4. The minimum Gasteiger partial charge on any atom is -0.455 e. The number of hydrogen-bond acceptors (Lipinski definition) is 9. The minimum atomic E-state index is 0. The van der Waals surface area contributed by atoms with Crippen LogP contribution in [0, 0.1) is 0 Å². The van der Waals surface area contributed by atoms with Crippen LogP contribution < -0.4 is 21.3 Å². The smallest absolute Gasteiger partial charge is 0.145 e. The summed E-state index contributed by atoms with van der Waals surface area (Å²) >= 11 is 0. The van der Waals surface area contributed by atoms with Crippen molar-refractivity contribution in [2.45, 2.75) is 73.3 Å². The van der Waals surface area contributed by atoms with Crippen molar-refractivity contribution in [2.75, 3.05) is 21.3 Å². The van der Waals surface area contributed by atoms with Gasteiger partial charge in [0.25, 0.3) is 0 Å². The lowest BCUT2D eigenvalue weighted by atomic mass is 10.00. The molecule has 642 valence electrons. The van der Waals surface area contributed by atoms with Crippen molar-refractivity contribution in [3.8, 4) is 0 Å². The first-order chi connectivity index (χ1) is 59.5. The second kappa shape index (κ2) is 40.7. The Balaban J connectivity index is 0.000000144. The molecule has 0 aliphatic carbocycles. The lowest BCUT2D eigenvalue weighted by Crippen LogP contribution is -1.91. The minimum absolute atomic E-state index is 0. The molecular formula is C120H112N4O5. The molecule has 0 fully saturated rings. The third kappa shape index (κ3) is 18.1. The summed E-state index contributed by atoms with van der Waals surface area (Å²) in [5.41, 5.74) is 20.7. The van der Waals surface area contributed by atoms with Crippen molar-refractivity contribution >= 4 is 209 Å². The Bertz CT molecular complexity index is 8050. The molecule has 9 heteroatoms. The molecule has 5 heterocycles. The highest BCUT2D eigenvalue weighted by Gasteiger charge is 2.20. The fourth-order valence-corrected chi connectivity index (χ4v) is 16.8. The Morgan fingerprint density at radius 1 is 0.155 bits per heavy atom. The van der Waals surface area contributed by atoms with Gasteiger partial charge in [0.15, 0.2) is 0 Å². The molecule has 25 rings (SSSR count). The molecule has 0 atom stereocenters. The van der Waals surface area contributed by atoms with Crippen LogP contribution in [-0.4, -0.2) is 0 Å². The average molecular weight is 1690 g/mol. The van der Waals surface area contributed by atoms with E-state index in [1.54, 1.807) is 0 Å². The maximum atomic E-state index is 6.20. The number of furan rings is 5. The summed E-state index contributed by atoms with van der Waals surface area (Å²) < 4.78 is 30.8. The molecular weight excluding hydrogens is 1580 g/mol. The average Bonchev–Trinajstić information content (AvgIpc) is 1.59. The molecule has 0 saturated heterocycles. The van der Waals surface area contributed by atoms with E-state index in [2.05, 4.69) is 312 Å². The summed E-state index contributed by atoms with van der Waals surface area (Å²) in [5, 5.41) is 37.3. The van der Waals surface area contributed by atoms with Gasteiger partial charge in [-0.2, -0.15) is 0 Å². The topological polar surface area (TPSA) is 114 Å². The summed E-state index contributed by atoms with van der Waals surface area (Å²) in [5.74, 6) is 0. The molecule has 0 unspecified atom stereocenters. The van der Waals surface area contributed by atoms with Gasteiger partial charge in [0.2, 0.25) is 0 Å². The number of rotatable bonds is 10. The summed E-state index contributed by atoms with van der Waals surface area (Å²) in [7, 11) is 0. The van der Waals surface area contributed by atoms with Gasteiger partial charge in [-0.25, -0.2) is 0 Å². The predicted octanol–water partition coefficient (Wildman–Crippen LogP) is 38.0. The van der Waals surface area contributed by atoms with Gasteiger partial charge in [-0.1, -0.05) is 370 Å². The van der Waals surface area contributed by atoms with Crippen molar-refractivity contribution in [3.63, 3.8) is 0 Å². The van der Waals surface area contributed by atoms with Crippen LogP contribution in [0.25, 0.3) is 164 Å². The number of fused-ring (bicyclic) bond motifs is 25. The molecule has 20 aromatic carbocycles. The molecule has 0 amide bonds. The molecule has 0 radical (unpaired) electrons. The summed E-state index contributed by atoms with van der Waals surface area (Å²) in [6.45, 7) is 0. The Labute approximate surface area is 756 Å². The summed E-state index contributed by atoms with van der Waals surface area (Å²) in [4.78, 5) is 0. The second-order valence-corrected chi connectivity index (χ2v) is 30.0. The zero-order chi connectivity index (χ0) is 79.7. The summed E-state index contributed by atoms with van der Waals surface area (Å²) in [6.07, 6.45) is 0.953. The van der Waals surface area contributed by atoms with Crippen molar-refractivity contribution in [1.82, 2.24) is 0 Å². The Hall–Kier alpha value is -16.1. The molecule has 0 bridgehead atoms. The van der Waals surface area contributed by atoms with E-state index in [9.17, 15) is 0 Å². The molecule has 129 heavy (non-hydrogen) atoms. The zero-order valence-corrected chi connectivity index (χ0v) is 65.2. The van der Waals surface area contributed by atoms with E-state index in [4.69, 9.17) is 22.1 Å². The van der Waals surface area contributed by atoms with E-state index in [0.29, 0.717) is 0 Å². The molecule has 0 aliphatic heterocycles. The first-order valence-electron chi connectivity index (χ1n) is 40.5. The molecule has 4 N–H and O–H groups in total. The molecule has 9 nitrogen and oxygen atoms in total. The molecule has 5 aromatic heterocycles. The van der Waals surface area contributed by atoms with Gasteiger partial charge in [0.1, 0.15) is 55.8 Å². The van der Waals surface area contributed by atoms with Gasteiger partial charge in [0, 0.05) is 115 Å². The van der Waals surface area contributed by atoms with Gasteiger partial charge in [0.05, 0.1) is 22.1 Å². The number of hydrogen-bond donors (Lipinski definition) is 4. The fourth-order valence-electron chi connectivity index (χ4n) is 16.8. The van der Waals surface area contributed by atoms with Crippen LogP contribution in [0.5, 0.6) is 0 Å². The third-order valence-electron chi connectivity index (χ3n) is 22.4. The van der Waals surface area contributed by atoms with Crippen LogP contribution in [0.4, 0.5) is 45.5 Å². The lowest BCUT2D eigenvalue weighted by Gasteiger charge is -2.10. The maximum absolute atomic E-state index is 6.20. The standard InChI is InChI=1S/C23H16O.4C22H15NO.9CH4/c1-2-6-16(7-3-1)14-17-10-12-19-18(15-17)11-13-21-20-8-4-5-9-22(20)24-23(19)21;1-2-9-16(10-3-1)23-19-14-15-8-4-5-11-17(15)22-21(19)18-12-6-7-13-20(18)24-22;1-2-8-15(9-3-1)23-20-14-19-17-11-6-7-13-21(17)24-22(19)18-12-5-4-10-16(18)20;1-2-8-16(9-3-1)23-19-11-6-12-20-21(19)18-14-13-15-7-4-5-10-17(15)22(18)24-20;1-2-7-15(8-3-1)23-20-11-6-10-18-16(20)13-14-19-17-9-4-5-12-21(17)24-22(18)19;;;;;;;;;/h1-13,15H,14H2;4*1-14,23H;9*1H4. The highest BCUT2D eigenvalue weighted by Crippen LogP contribution is 2.45. The highest BCUT2D eigenvalue weighted by molar-refractivity contribution is 6.24. The van der Waals surface area contributed by atoms with Gasteiger partial charge < -0.3 is 43.4 Å². The monoisotopic (exact) mass is 1690 g/mol. The van der Waals surface area contributed by atoms with Crippen LogP contribution in [0.3, 0.4) is 0 Å². The van der Waals surface area contributed by atoms with Gasteiger partial charge in [-0.05, 0) is 155 Å². The Morgan fingerprint density at radius 2 is 0.465 bits per heavy atom. The Kier molecular flexibility index (Phi) is 29.1. The van der Waals surface area contributed by atoms with Crippen molar-refractivity contribution < 1.29 is 22.1 Å². The first kappa shape index (κ1) is 92.1. The SMILES string of the molecule is C.C.C.C.C.C.C.C.C.c1ccc(Cc2ccc3c(ccc4c5ccccc5oc34)c2)cc1.c1ccc(Nc2cc3c4ccccc4oc3c3ccccc23)cc1.c1ccc(Nc2cc3ccccc3c3oc4ccccc4c23)cc1.c1ccc(Nc2cccc3c2ccc2c4ccccc4oc32)cc1.c1ccc(Nc2cccc3oc4c5ccccc5ccc4c23)cc1. The van der Waals surface area contributed by atoms with Crippen LogP contribution in [0.2, 0.25) is 0 Å². The second-order valence-electron chi connectivity index (χ2n) is 30.0. The quantitative estimate of drug-likeness (QED) is 0.106. The lowest BCUT2D eigenvalue weighted by molar-refractivity contribution is 0.672. The van der Waals surface area contributed by atoms with E-state index in [1.807, 2.05) is 133 Å². The molecule has 0 aliphatic rings. The van der Waals surface area contributed by atoms with Crippen LogP contribution >= 0.6 is 0 Å². The van der Waals surface area contributed by atoms with E-state index in [-0.39, 0.29) is 66.8 Å². The number of anilines is 8. The van der Waals surface area contributed by atoms with E-state index < -0.39 is 0 Å². The zero-order valence-electron chi connectivity index (χ0n) is 65.2. The first-order valence-corrected chi connectivity index (χ1v) is 40.5. The highest BCUT2D eigenvalue weighted by atomic mass is 16.3. The predicted molar refractivity (Wildman–Crippen MR) is 565 cm³/mol. The Morgan fingerprint density at radius 3 is 1.03 bits per heavy atom. The largest absolute Gasteiger partial charge is 0.455 e. The normalized spacial score (nSPS) is 10.6. The summed E-state index contributed by atoms with van der Waals surface area (Å²) in [6, 6.07) is 146. The molecule has 25 aromatic rings. The number of benzene rings is 20. The van der Waals surface area contributed by atoms with Crippen LogP contribution in [0.1, 0.15) is 78.0 Å². The maximum Gasteiger partial charge on any atom is 0.145 e. The molecule has 0 spiro atoms. The van der Waals surface area contributed by atoms with E-state index >= 15 is 0 Å². The van der Waals surface area contributed by atoms with Gasteiger partial charge in [-0.15, -0.1) is 0 Å². The number of para-hydroxylation sites is 8. The molecule has 0 saturated carbocycles. The van der Waals surface area contributed by atoms with Gasteiger partial charge in [-0.3, -0.25) is 0 Å². The number of nitrogens with one attached hydrogen (secondary N) is 4. The van der Waals surface area contributed by atoms with Gasteiger partial charge >= 0.3 is 0 Å². The van der Waals surface area contributed by atoms with Crippen LogP contribution in [0.15, 0.2) is 447 Å². The van der Waals surface area contributed by atoms with E-state index in [0.717, 1.165) is 183 Å². The van der Waals surface area contributed by atoms with E-state index in [1.165, 1.54) is 43.4 Å². The fraction of sp³-hybridized carbons (Fsp3) is 0.0833. The van der Waals surface area contributed by atoms with Crippen molar-refractivity contribution in [2.24, 2.45) is 0 Å².